The van der Waals surface area contributed by atoms with E-state index in [1.54, 1.807) is 18.2 Å². The Labute approximate surface area is 185 Å². The van der Waals surface area contributed by atoms with Crippen LogP contribution < -0.4 is 10.1 Å². The van der Waals surface area contributed by atoms with E-state index in [-0.39, 0.29) is 35.7 Å². The molecule has 1 fully saturated rings. The summed E-state index contributed by atoms with van der Waals surface area (Å²) in [4.78, 5) is 26.9. The first-order chi connectivity index (χ1) is 15.3. The molecule has 1 saturated heterocycles. The Balaban J connectivity index is 1.59. The molecule has 1 aliphatic rings. The molecule has 32 heavy (non-hydrogen) atoms. The first kappa shape index (κ1) is 23.2. The predicted molar refractivity (Wildman–Crippen MR) is 114 cm³/mol. The molecule has 2 amide bonds. The van der Waals surface area contributed by atoms with Crippen molar-refractivity contribution in [2.45, 2.75) is 51.2 Å². The molecule has 3 unspecified atom stereocenters. The van der Waals surface area contributed by atoms with Crippen LogP contribution in [-0.4, -0.2) is 35.4 Å². The first-order valence-electron chi connectivity index (χ1n) is 10.5. The molecule has 2 aromatic rings. The SMILES string of the molecule is CC1CCCC(C)N1C(=O)COc1ccc(C(=O)NC(C#N)c2ccc(F)cc2F)cc1. The van der Waals surface area contributed by atoms with Crippen LogP contribution >= 0.6 is 0 Å². The summed E-state index contributed by atoms with van der Waals surface area (Å²) in [5.41, 5.74) is 0.103. The molecule has 1 heterocycles. The summed E-state index contributed by atoms with van der Waals surface area (Å²) in [5, 5.41) is 11.7. The molecule has 1 aliphatic heterocycles. The number of hydrogen-bond donors (Lipinski definition) is 1. The van der Waals surface area contributed by atoms with E-state index in [0.717, 1.165) is 31.4 Å². The van der Waals surface area contributed by atoms with E-state index in [2.05, 4.69) is 5.32 Å². The van der Waals surface area contributed by atoms with Gasteiger partial charge in [0.2, 0.25) is 0 Å². The maximum Gasteiger partial charge on any atom is 0.260 e. The Morgan fingerprint density at radius 1 is 1.16 bits per heavy atom. The number of carbonyl (C=O) groups is 2. The number of amides is 2. The quantitative estimate of drug-likeness (QED) is 0.731. The van der Waals surface area contributed by atoms with Gasteiger partial charge < -0.3 is 15.0 Å². The van der Waals surface area contributed by atoms with Gasteiger partial charge in [-0.05, 0) is 63.4 Å². The predicted octanol–water partition coefficient (Wildman–Crippen LogP) is 4.13. The number of rotatable bonds is 6. The van der Waals surface area contributed by atoms with Crippen molar-refractivity contribution in [3.8, 4) is 11.8 Å². The lowest BCUT2D eigenvalue weighted by molar-refractivity contribution is -0.139. The molecule has 0 aromatic heterocycles. The van der Waals surface area contributed by atoms with Crippen molar-refractivity contribution in [3.63, 3.8) is 0 Å². The second-order valence-corrected chi connectivity index (χ2v) is 7.94. The zero-order valence-corrected chi connectivity index (χ0v) is 18.0. The van der Waals surface area contributed by atoms with Crippen LogP contribution in [-0.2, 0) is 4.79 Å². The molecule has 3 rings (SSSR count). The molecular weight excluding hydrogens is 416 g/mol. The zero-order chi connectivity index (χ0) is 23.3. The molecular formula is C24H25F2N3O3. The molecule has 1 N–H and O–H groups in total. The average molecular weight is 441 g/mol. The summed E-state index contributed by atoms with van der Waals surface area (Å²) in [6.45, 7) is 3.97. The van der Waals surface area contributed by atoms with Crippen molar-refractivity contribution >= 4 is 11.8 Å². The van der Waals surface area contributed by atoms with Gasteiger partial charge in [0, 0.05) is 29.3 Å². The second-order valence-electron chi connectivity index (χ2n) is 7.94. The van der Waals surface area contributed by atoms with Gasteiger partial charge in [-0.3, -0.25) is 9.59 Å². The Hall–Kier alpha value is -3.47. The van der Waals surface area contributed by atoms with Crippen molar-refractivity contribution < 1.29 is 23.1 Å². The molecule has 0 saturated carbocycles. The van der Waals surface area contributed by atoms with Gasteiger partial charge in [-0.25, -0.2) is 8.78 Å². The zero-order valence-electron chi connectivity index (χ0n) is 18.0. The van der Waals surface area contributed by atoms with Gasteiger partial charge in [0.05, 0.1) is 6.07 Å². The highest BCUT2D eigenvalue weighted by Gasteiger charge is 2.29. The summed E-state index contributed by atoms with van der Waals surface area (Å²) in [6.07, 6.45) is 3.06. The summed E-state index contributed by atoms with van der Waals surface area (Å²) in [7, 11) is 0. The monoisotopic (exact) mass is 441 g/mol. The van der Waals surface area contributed by atoms with Gasteiger partial charge in [-0.15, -0.1) is 0 Å². The lowest BCUT2D eigenvalue weighted by Gasteiger charge is -2.38. The van der Waals surface area contributed by atoms with Crippen LogP contribution in [0.4, 0.5) is 8.78 Å². The van der Waals surface area contributed by atoms with E-state index in [1.165, 1.54) is 12.1 Å². The van der Waals surface area contributed by atoms with E-state index in [9.17, 15) is 23.6 Å². The summed E-state index contributed by atoms with van der Waals surface area (Å²) < 4.78 is 32.6. The summed E-state index contributed by atoms with van der Waals surface area (Å²) >= 11 is 0. The number of likely N-dealkylation sites (tertiary alicyclic amines) is 1. The number of hydrogen-bond acceptors (Lipinski definition) is 4. The number of nitrogens with one attached hydrogen (secondary N) is 1. The number of nitriles is 1. The van der Waals surface area contributed by atoms with Crippen LogP contribution in [0.1, 0.15) is 55.1 Å². The van der Waals surface area contributed by atoms with Crippen molar-refractivity contribution in [2.24, 2.45) is 0 Å². The fourth-order valence-corrected chi connectivity index (χ4v) is 3.96. The lowest BCUT2D eigenvalue weighted by atomic mass is 9.97. The van der Waals surface area contributed by atoms with E-state index in [0.29, 0.717) is 11.8 Å². The van der Waals surface area contributed by atoms with Crippen LogP contribution in [0.25, 0.3) is 0 Å². The van der Waals surface area contributed by atoms with Crippen LogP contribution in [0.3, 0.4) is 0 Å². The number of nitrogens with zero attached hydrogens (tertiary/aromatic N) is 2. The average Bonchev–Trinajstić information content (AvgIpc) is 2.76. The maximum atomic E-state index is 13.9. The molecule has 2 aromatic carbocycles. The molecule has 0 aliphatic carbocycles. The second kappa shape index (κ2) is 10.2. The van der Waals surface area contributed by atoms with Crippen LogP contribution in [0.2, 0.25) is 0 Å². The molecule has 0 bridgehead atoms. The minimum Gasteiger partial charge on any atom is -0.484 e. The Kier molecular flexibility index (Phi) is 7.41. The number of carbonyl (C=O) groups excluding carboxylic acids is 2. The third kappa shape index (κ3) is 5.41. The smallest absolute Gasteiger partial charge is 0.260 e. The van der Waals surface area contributed by atoms with Crippen molar-refractivity contribution in [1.82, 2.24) is 10.2 Å². The van der Waals surface area contributed by atoms with Crippen molar-refractivity contribution in [2.75, 3.05) is 6.61 Å². The van der Waals surface area contributed by atoms with E-state index < -0.39 is 23.6 Å². The summed E-state index contributed by atoms with van der Waals surface area (Å²) in [5.74, 6) is -1.94. The van der Waals surface area contributed by atoms with Gasteiger partial charge >= 0.3 is 0 Å². The van der Waals surface area contributed by atoms with Gasteiger partial charge in [-0.1, -0.05) is 6.07 Å². The van der Waals surface area contributed by atoms with Gasteiger partial charge in [0.25, 0.3) is 11.8 Å². The number of benzene rings is 2. The number of piperidine rings is 1. The molecule has 3 atom stereocenters. The van der Waals surface area contributed by atoms with E-state index in [4.69, 9.17) is 4.74 Å². The largest absolute Gasteiger partial charge is 0.484 e. The topological polar surface area (TPSA) is 82.4 Å². The van der Waals surface area contributed by atoms with Crippen molar-refractivity contribution in [3.05, 3.63) is 65.2 Å². The van der Waals surface area contributed by atoms with Crippen LogP contribution in [0.5, 0.6) is 5.75 Å². The number of halogens is 2. The molecule has 6 nitrogen and oxygen atoms in total. The molecule has 0 spiro atoms. The van der Waals surface area contributed by atoms with Crippen LogP contribution in [0.15, 0.2) is 42.5 Å². The van der Waals surface area contributed by atoms with Crippen LogP contribution in [0, 0.1) is 23.0 Å². The van der Waals surface area contributed by atoms with Gasteiger partial charge in [0.15, 0.2) is 6.61 Å². The highest BCUT2D eigenvalue weighted by molar-refractivity contribution is 5.94. The fraction of sp³-hybridized carbons (Fsp3) is 0.375. The first-order valence-corrected chi connectivity index (χ1v) is 10.5. The third-order valence-electron chi connectivity index (χ3n) is 5.64. The molecule has 8 heteroatoms. The van der Waals surface area contributed by atoms with Gasteiger partial charge in [0.1, 0.15) is 23.4 Å². The minimum atomic E-state index is -1.27. The maximum absolute atomic E-state index is 13.9. The lowest BCUT2D eigenvalue weighted by Crippen LogP contribution is -2.49. The standard InChI is InChI=1S/C24H25F2N3O3/c1-15-4-3-5-16(2)29(15)23(30)14-32-19-9-6-17(7-10-19)24(31)28-22(13-27)20-11-8-18(25)12-21(20)26/h6-12,15-16,22H,3-5,14H2,1-2H3,(H,28,31). The highest BCUT2D eigenvalue weighted by atomic mass is 19.1. The van der Waals surface area contributed by atoms with E-state index in [1.807, 2.05) is 18.7 Å². The Morgan fingerprint density at radius 3 is 2.41 bits per heavy atom. The Bertz CT molecular complexity index is 1010. The normalized spacial score (nSPS) is 19.0. The summed E-state index contributed by atoms with van der Waals surface area (Å²) in [6, 6.07) is 9.75. The third-order valence-corrected chi connectivity index (χ3v) is 5.64. The fourth-order valence-electron chi connectivity index (χ4n) is 3.96. The minimum absolute atomic E-state index is 0.0790. The number of ether oxygens (including phenoxy) is 1. The highest BCUT2D eigenvalue weighted by Crippen LogP contribution is 2.23. The van der Waals surface area contributed by atoms with Crippen molar-refractivity contribution in [1.29, 1.82) is 5.26 Å². The van der Waals surface area contributed by atoms with E-state index >= 15 is 0 Å². The molecule has 0 radical (unpaired) electrons. The van der Waals surface area contributed by atoms with Gasteiger partial charge in [-0.2, -0.15) is 5.26 Å². The Morgan fingerprint density at radius 2 is 1.81 bits per heavy atom. The molecule has 168 valence electrons.